The molecule has 6 nitrogen and oxygen atoms in total. The van der Waals surface area contributed by atoms with Crippen LogP contribution in [0.5, 0.6) is 0 Å². The van der Waals surface area contributed by atoms with Gasteiger partial charge in [0.15, 0.2) is 6.10 Å². The van der Waals surface area contributed by atoms with E-state index in [1.54, 1.807) is 29.9 Å². The van der Waals surface area contributed by atoms with E-state index in [9.17, 15) is 9.59 Å². The topological polar surface area (TPSA) is 80.6 Å². The highest BCUT2D eigenvalue weighted by atomic mass is 16.5. The van der Waals surface area contributed by atoms with Crippen molar-refractivity contribution in [1.29, 1.82) is 0 Å². The quantitative estimate of drug-likeness (QED) is 0.812. The van der Waals surface area contributed by atoms with Crippen molar-refractivity contribution in [1.82, 2.24) is 9.88 Å². The zero-order chi connectivity index (χ0) is 13.1. The Morgan fingerprint density at radius 1 is 1.56 bits per heavy atom. The van der Waals surface area contributed by atoms with Crippen LogP contribution in [0.15, 0.2) is 18.3 Å². The molecule has 0 spiro atoms. The van der Waals surface area contributed by atoms with Gasteiger partial charge < -0.3 is 19.7 Å². The normalized spacial score (nSPS) is 22.9. The molecule has 1 aliphatic rings. The lowest BCUT2D eigenvalue weighted by atomic mass is 10.2. The molecule has 18 heavy (non-hydrogen) atoms. The third-order valence-electron chi connectivity index (χ3n) is 3.05. The summed E-state index contributed by atoms with van der Waals surface area (Å²) in [4.78, 5) is 22.5. The van der Waals surface area contributed by atoms with Crippen LogP contribution < -0.4 is 5.32 Å². The lowest BCUT2D eigenvalue weighted by Gasteiger charge is -2.12. The molecule has 0 bridgehead atoms. The zero-order valence-corrected chi connectivity index (χ0v) is 10.1. The summed E-state index contributed by atoms with van der Waals surface area (Å²) in [5.41, 5.74) is 0.572. The van der Waals surface area contributed by atoms with Crippen molar-refractivity contribution in [3.8, 4) is 0 Å². The maximum Gasteiger partial charge on any atom is 0.332 e. The Balaban J connectivity index is 1.81. The molecule has 0 aliphatic carbocycles. The summed E-state index contributed by atoms with van der Waals surface area (Å²) < 4.78 is 7.03. The van der Waals surface area contributed by atoms with Crippen molar-refractivity contribution in [2.45, 2.75) is 25.0 Å². The molecule has 98 valence electrons. The molecule has 1 fully saturated rings. The van der Waals surface area contributed by atoms with Gasteiger partial charge in [-0.2, -0.15) is 0 Å². The van der Waals surface area contributed by atoms with Crippen LogP contribution in [-0.4, -0.2) is 40.3 Å². The maximum absolute atomic E-state index is 11.8. The number of nitrogens with zero attached hydrogens (tertiary/aromatic N) is 1. The Kier molecular flexibility index (Phi) is 3.66. The molecular weight excluding hydrogens is 236 g/mol. The minimum atomic E-state index is -0.939. The molecule has 1 aromatic rings. The minimum absolute atomic E-state index is 0.176. The van der Waals surface area contributed by atoms with Crippen LogP contribution in [0, 0.1) is 0 Å². The largest absolute Gasteiger partial charge is 0.479 e. The summed E-state index contributed by atoms with van der Waals surface area (Å²) in [5, 5.41) is 11.5. The average molecular weight is 252 g/mol. The van der Waals surface area contributed by atoms with E-state index < -0.39 is 12.1 Å². The van der Waals surface area contributed by atoms with Crippen LogP contribution in [0.2, 0.25) is 0 Å². The lowest BCUT2D eigenvalue weighted by molar-refractivity contribution is -0.149. The van der Waals surface area contributed by atoms with Crippen molar-refractivity contribution in [2.24, 2.45) is 7.05 Å². The lowest BCUT2D eigenvalue weighted by Crippen LogP contribution is -2.33. The van der Waals surface area contributed by atoms with Gasteiger partial charge in [-0.15, -0.1) is 0 Å². The van der Waals surface area contributed by atoms with Gasteiger partial charge >= 0.3 is 5.97 Å². The van der Waals surface area contributed by atoms with Gasteiger partial charge in [0.2, 0.25) is 0 Å². The van der Waals surface area contributed by atoms with Gasteiger partial charge in [0.1, 0.15) is 5.69 Å². The van der Waals surface area contributed by atoms with Crippen molar-refractivity contribution < 1.29 is 19.4 Å². The van der Waals surface area contributed by atoms with E-state index in [2.05, 4.69) is 5.32 Å². The number of amides is 1. The fourth-order valence-electron chi connectivity index (χ4n) is 2.03. The molecule has 2 rings (SSSR count). The molecule has 1 amide bonds. The Bertz CT molecular complexity index is 455. The van der Waals surface area contributed by atoms with Gasteiger partial charge in [0.05, 0.1) is 6.10 Å². The van der Waals surface area contributed by atoms with Gasteiger partial charge in [-0.05, 0) is 25.0 Å². The van der Waals surface area contributed by atoms with Gasteiger partial charge in [0.25, 0.3) is 5.91 Å². The first-order chi connectivity index (χ1) is 8.58. The first kappa shape index (κ1) is 12.6. The number of carbonyl (C=O) groups excluding carboxylic acids is 1. The summed E-state index contributed by atoms with van der Waals surface area (Å²) in [6.07, 6.45) is 2.00. The predicted molar refractivity (Wildman–Crippen MR) is 63.3 cm³/mol. The summed E-state index contributed by atoms with van der Waals surface area (Å²) in [6, 6.07) is 3.52. The average Bonchev–Trinajstić information content (AvgIpc) is 2.94. The number of aromatic nitrogens is 1. The van der Waals surface area contributed by atoms with Crippen molar-refractivity contribution in [3.63, 3.8) is 0 Å². The van der Waals surface area contributed by atoms with Gasteiger partial charge in [0, 0.05) is 19.8 Å². The number of ether oxygens (including phenoxy) is 1. The summed E-state index contributed by atoms with van der Waals surface area (Å²) >= 11 is 0. The molecule has 2 atom stereocenters. The van der Waals surface area contributed by atoms with Crippen LogP contribution in [0.4, 0.5) is 0 Å². The molecule has 1 aliphatic heterocycles. The molecule has 0 saturated carbocycles. The second-order valence-electron chi connectivity index (χ2n) is 4.38. The smallest absolute Gasteiger partial charge is 0.332 e. The number of rotatable bonds is 4. The molecule has 0 aromatic carbocycles. The first-order valence-corrected chi connectivity index (χ1v) is 5.85. The van der Waals surface area contributed by atoms with Crippen LogP contribution in [0.25, 0.3) is 0 Å². The van der Waals surface area contributed by atoms with Crippen LogP contribution in [0.3, 0.4) is 0 Å². The van der Waals surface area contributed by atoms with E-state index in [0.717, 1.165) is 0 Å². The van der Waals surface area contributed by atoms with Gasteiger partial charge in [-0.1, -0.05) is 0 Å². The fraction of sp³-hybridized carbons (Fsp3) is 0.500. The number of hydrogen-bond donors (Lipinski definition) is 2. The van der Waals surface area contributed by atoms with Gasteiger partial charge in [-0.25, -0.2) is 4.79 Å². The third-order valence-corrected chi connectivity index (χ3v) is 3.05. The first-order valence-electron chi connectivity index (χ1n) is 5.85. The minimum Gasteiger partial charge on any atom is -0.479 e. The number of aryl methyl sites for hydroxylation is 1. The number of carboxylic acid groups (broad SMARTS) is 1. The molecule has 0 radical (unpaired) electrons. The summed E-state index contributed by atoms with van der Waals surface area (Å²) in [6.45, 7) is 0.341. The van der Waals surface area contributed by atoms with E-state index >= 15 is 0 Å². The Labute approximate surface area is 105 Å². The van der Waals surface area contributed by atoms with Crippen LogP contribution in [-0.2, 0) is 16.6 Å². The molecule has 6 heteroatoms. The highest BCUT2D eigenvalue weighted by Gasteiger charge is 2.30. The van der Waals surface area contributed by atoms with E-state index in [4.69, 9.17) is 9.84 Å². The second-order valence-corrected chi connectivity index (χ2v) is 4.38. The second kappa shape index (κ2) is 5.22. The number of hydrogen-bond acceptors (Lipinski definition) is 3. The Hall–Kier alpha value is -1.82. The Morgan fingerprint density at radius 2 is 2.33 bits per heavy atom. The number of carboxylic acids is 1. The van der Waals surface area contributed by atoms with E-state index in [0.29, 0.717) is 25.1 Å². The van der Waals surface area contributed by atoms with Crippen molar-refractivity contribution >= 4 is 11.9 Å². The van der Waals surface area contributed by atoms with E-state index in [-0.39, 0.29) is 12.0 Å². The standard InChI is InChI=1S/C12H16N2O4/c1-14-6-2-3-9(14)11(15)13-7-8-4-5-10(18-8)12(16)17/h2-3,6,8,10H,4-5,7H2,1H3,(H,13,15)(H,16,17). The third kappa shape index (κ3) is 2.70. The fourth-order valence-corrected chi connectivity index (χ4v) is 2.03. The SMILES string of the molecule is Cn1cccc1C(=O)NCC1CCC(C(=O)O)O1. The maximum atomic E-state index is 11.8. The zero-order valence-electron chi connectivity index (χ0n) is 10.1. The van der Waals surface area contributed by atoms with Crippen molar-refractivity contribution in [3.05, 3.63) is 24.0 Å². The highest BCUT2D eigenvalue weighted by Crippen LogP contribution is 2.19. The number of carbonyl (C=O) groups is 2. The van der Waals surface area contributed by atoms with Crippen LogP contribution in [0.1, 0.15) is 23.3 Å². The van der Waals surface area contributed by atoms with Crippen molar-refractivity contribution in [2.75, 3.05) is 6.54 Å². The molecule has 2 unspecified atom stereocenters. The van der Waals surface area contributed by atoms with Crippen LogP contribution >= 0.6 is 0 Å². The number of aliphatic carboxylic acids is 1. The van der Waals surface area contributed by atoms with Gasteiger partial charge in [-0.3, -0.25) is 4.79 Å². The molecule has 1 aromatic heterocycles. The van der Waals surface area contributed by atoms with E-state index in [1.807, 2.05) is 0 Å². The molecule has 2 heterocycles. The highest BCUT2D eigenvalue weighted by molar-refractivity contribution is 5.92. The summed E-state index contributed by atoms with van der Waals surface area (Å²) in [7, 11) is 1.79. The number of nitrogens with one attached hydrogen (secondary N) is 1. The Morgan fingerprint density at radius 3 is 2.89 bits per heavy atom. The monoisotopic (exact) mass is 252 g/mol. The van der Waals surface area contributed by atoms with E-state index in [1.165, 1.54) is 0 Å². The summed E-state index contributed by atoms with van der Waals surface area (Å²) in [5.74, 6) is -1.11. The molecule has 1 saturated heterocycles. The molecular formula is C12H16N2O4. The molecule has 2 N–H and O–H groups in total. The predicted octanol–water partition coefficient (Wildman–Crippen LogP) is 0.387.